The molecular weight excluding hydrogens is 330 g/mol. The molecule has 1 atom stereocenters. The van der Waals surface area contributed by atoms with Gasteiger partial charge in [-0.15, -0.1) is 0 Å². The monoisotopic (exact) mass is 349 g/mol. The Labute approximate surface area is 142 Å². The molecule has 0 aromatic heterocycles. The van der Waals surface area contributed by atoms with Crippen LogP contribution in [0.15, 0.2) is 60.7 Å². The van der Waals surface area contributed by atoms with Crippen LogP contribution in [-0.4, -0.2) is 38.7 Å². The standard InChI is InChI=1S/C15H15NO2S.C2H4O3/c16-14(17)11-19(18)15(12-7-3-1-4-8-12)13-9-5-2-6-10-13;3-1-2(4)5/h1-10,15H,11H2,(H2,16,17);3H,1H2,(H,4,5). The van der Waals surface area contributed by atoms with Crippen LogP contribution in [0.25, 0.3) is 0 Å². The Hall–Kier alpha value is -2.51. The number of carboxylic acid groups (broad SMARTS) is 1. The lowest BCUT2D eigenvalue weighted by molar-refractivity contribution is -0.140. The first-order chi connectivity index (χ1) is 11.5. The predicted octanol–water partition coefficient (Wildman–Crippen LogP) is 1.07. The van der Waals surface area contributed by atoms with Gasteiger partial charge in [0.05, 0.1) is 5.25 Å². The molecule has 4 N–H and O–H groups in total. The van der Waals surface area contributed by atoms with E-state index >= 15 is 0 Å². The molecule has 0 saturated carbocycles. The number of nitrogens with two attached hydrogens (primary N) is 1. The molecule has 0 aliphatic heterocycles. The molecule has 1 unspecified atom stereocenters. The highest BCUT2D eigenvalue weighted by molar-refractivity contribution is 7.86. The molecule has 0 bridgehead atoms. The number of carbonyl (C=O) groups excluding carboxylic acids is 1. The Kier molecular flexibility index (Phi) is 8.38. The lowest BCUT2D eigenvalue weighted by Gasteiger charge is -2.16. The molecule has 0 aliphatic carbocycles. The van der Waals surface area contributed by atoms with Crippen molar-refractivity contribution in [3.05, 3.63) is 71.8 Å². The number of hydrogen-bond acceptors (Lipinski definition) is 4. The van der Waals surface area contributed by atoms with Gasteiger partial charge in [-0.2, -0.15) is 0 Å². The Morgan fingerprint density at radius 1 is 0.958 bits per heavy atom. The third kappa shape index (κ3) is 6.72. The Morgan fingerprint density at radius 2 is 1.33 bits per heavy atom. The van der Waals surface area contributed by atoms with E-state index in [9.17, 15) is 9.00 Å². The second kappa shape index (κ2) is 10.3. The predicted molar refractivity (Wildman–Crippen MR) is 91.7 cm³/mol. The molecule has 0 heterocycles. The highest BCUT2D eigenvalue weighted by atomic mass is 32.2. The molecule has 0 saturated heterocycles. The molecule has 24 heavy (non-hydrogen) atoms. The van der Waals surface area contributed by atoms with Gasteiger partial charge in [0.1, 0.15) is 12.4 Å². The van der Waals surface area contributed by atoms with Gasteiger partial charge in [-0.1, -0.05) is 60.7 Å². The lowest BCUT2D eigenvalue weighted by atomic mass is 10.0. The second-order valence-electron chi connectivity index (χ2n) is 4.74. The maximum Gasteiger partial charge on any atom is 0.329 e. The first-order valence-corrected chi connectivity index (χ1v) is 8.42. The number of aliphatic hydroxyl groups excluding tert-OH is 1. The van der Waals surface area contributed by atoms with E-state index in [-0.39, 0.29) is 11.0 Å². The van der Waals surface area contributed by atoms with Crippen LogP contribution < -0.4 is 5.73 Å². The van der Waals surface area contributed by atoms with Crippen LogP contribution in [0.4, 0.5) is 0 Å². The van der Waals surface area contributed by atoms with Crippen molar-refractivity contribution >= 4 is 22.7 Å². The number of aliphatic hydroxyl groups is 1. The van der Waals surface area contributed by atoms with Crippen molar-refractivity contribution in [3.8, 4) is 0 Å². The van der Waals surface area contributed by atoms with Crippen molar-refractivity contribution in [1.29, 1.82) is 0 Å². The van der Waals surface area contributed by atoms with Gasteiger partial charge >= 0.3 is 5.97 Å². The van der Waals surface area contributed by atoms with Crippen LogP contribution in [0.2, 0.25) is 0 Å². The summed E-state index contributed by atoms with van der Waals surface area (Å²) in [6.45, 7) is -0.778. The number of carboxylic acids is 1. The van der Waals surface area contributed by atoms with Crippen molar-refractivity contribution in [2.45, 2.75) is 5.25 Å². The summed E-state index contributed by atoms with van der Waals surface area (Å²) in [6, 6.07) is 19.0. The SMILES string of the molecule is NC(=O)CS(=O)C(c1ccccc1)c1ccccc1.O=C(O)CO. The smallest absolute Gasteiger partial charge is 0.329 e. The summed E-state index contributed by atoms with van der Waals surface area (Å²) in [5.74, 6) is -1.87. The van der Waals surface area contributed by atoms with Crippen LogP contribution in [0.5, 0.6) is 0 Å². The van der Waals surface area contributed by atoms with E-state index in [1.807, 2.05) is 60.7 Å². The van der Waals surface area contributed by atoms with Crippen LogP contribution >= 0.6 is 0 Å². The lowest BCUT2D eigenvalue weighted by Crippen LogP contribution is -2.23. The summed E-state index contributed by atoms with van der Waals surface area (Å²) >= 11 is 0. The third-order valence-corrected chi connectivity index (χ3v) is 4.53. The van der Waals surface area contributed by atoms with Gasteiger partial charge in [0.15, 0.2) is 0 Å². The molecule has 2 aromatic carbocycles. The first kappa shape index (κ1) is 19.5. The maximum absolute atomic E-state index is 12.4. The highest BCUT2D eigenvalue weighted by Gasteiger charge is 2.22. The molecule has 0 spiro atoms. The van der Waals surface area contributed by atoms with Crippen molar-refractivity contribution < 1.29 is 24.0 Å². The number of amides is 1. The third-order valence-electron chi connectivity index (χ3n) is 2.89. The zero-order chi connectivity index (χ0) is 17.9. The van der Waals surface area contributed by atoms with Gasteiger partial charge in [-0.25, -0.2) is 4.79 Å². The highest BCUT2D eigenvalue weighted by Crippen LogP contribution is 2.27. The molecule has 128 valence electrons. The van der Waals surface area contributed by atoms with Crippen molar-refractivity contribution in [2.24, 2.45) is 5.73 Å². The van der Waals surface area contributed by atoms with Crippen LogP contribution in [0.3, 0.4) is 0 Å². The van der Waals surface area contributed by atoms with Crippen molar-refractivity contribution in [1.82, 2.24) is 0 Å². The summed E-state index contributed by atoms with van der Waals surface area (Å²) in [6.07, 6.45) is 0. The summed E-state index contributed by atoms with van der Waals surface area (Å²) in [5.41, 5.74) is 7.00. The van der Waals surface area contributed by atoms with Gasteiger partial charge in [0.25, 0.3) is 0 Å². The van der Waals surface area contributed by atoms with Gasteiger partial charge in [-0.3, -0.25) is 9.00 Å². The van der Waals surface area contributed by atoms with E-state index in [4.69, 9.17) is 20.7 Å². The molecule has 1 amide bonds. The summed E-state index contributed by atoms with van der Waals surface area (Å²) in [4.78, 5) is 20.1. The van der Waals surface area contributed by atoms with E-state index in [1.165, 1.54) is 0 Å². The first-order valence-electron chi connectivity index (χ1n) is 7.03. The van der Waals surface area contributed by atoms with Crippen LogP contribution in [0.1, 0.15) is 16.4 Å². The summed E-state index contributed by atoms with van der Waals surface area (Å²) < 4.78 is 12.4. The summed E-state index contributed by atoms with van der Waals surface area (Å²) in [7, 11) is -1.36. The average molecular weight is 349 g/mol. The molecule has 0 aliphatic rings. The fourth-order valence-corrected chi connectivity index (χ4v) is 3.34. The Bertz CT molecular complexity index is 636. The van der Waals surface area contributed by atoms with E-state index in [0.29, 0.717) is 0 Å². The number of carbonyl (C=O) groups is 2. The molecule has 2 rings (SSSR count). The molecule has 7 heteroatoms. The van der Waals surface area contributed by atoms with Gasteiger partial charge in [-0.05, 0) is 11.1 Å². The fraction of sp³-hybridized carbons (Fsp3) is 0.176. The number of hydrogen-bond donors (Lipinski definition) is 3. The molecule has 0 radical (unpaired) electrons. The molecule has 0 fully saturated rings. The quantitative estimate of drug-likeness (QED) is 0.721. The topological polar surface area (TPSA) is 118 Å². The van der Waals surface area contributed by atoms with Gasteiger partial charge in [0.2, 0.25) is 5.91 Å². The van der Waals surface area contributed by atoms with E-state index < -0.39 is 29.3 Å². The number of primary amides is 1. The van der Waals surface area contributed by atoms with E-state index in [1.54, 1.807) is 0 Å². The number of aliphatic carboxylic acids is 1. The Morgan fingerprint density at radius 3 is 1.62 bits per heavy atom. The van der Waals surface area contributed by atoms with Gasteiger partial charge in [0, 0.05) is 10.8 Å². The molecular formula is C17H19NO5S. The molecule has 6 nitrogen and oxygen atoms in total. The van der Waals surface area contributed by atoms with E-state index in [2.05, 4.69) is 0 Å². The zero-order valence-corrected chi connectivity index (χ0v) is 13.7. The number of rotatable bonds is 6. The zero-order valence-electron chi connectivity index (χ0n) is 12.9. The maximum atomic E-state index is 12.4. The minimum atomic E-state index is -1.36. The largest absolute Gasteiger partial charge is 0.480 e. The second-order valence-corrected chi connectivity index (χ2v) is 6.27. The van der Waals surface area contributed by atoms with Crippen molar-refractivity contribution in [3.63, 3.8) is 0 Å². The normalized spacial score (nSPS) is 11.2. The fourth-order valence-electron chi connectivity index (χ4n) is 1.98. The van der Waals surface area contributed by atoms with Gasteiger partial charge < -0.3 is 15.9 Å². The molecule has 2 aromatic rings. The Balaban J connectivity index is 0.000000505. The minimum absolute atomic E-state index is 0.131. The number of benzene rings is 2. The van der Waals surface area contributed by atoms with E-state index in [0.717, 1.165) is 11.1 Å². The summed E-state index contributed by atoms with van der Waals surface area (Å²) in [5, 5.41) is 14.7. The average Bonchev–Trinajstić information content (AvgIpc) is 2.57. The van der Waals surface area contributed by atoms with Crippen LogP contribution in [-0.2, 0) is 20.4 Å². The minimum Gasteiger partial charge on any atom is -0.480 e. The van der Waals surface area contributed by atoms with Crippen molar-refractivity contribution in [2.75, 3.05) is 12.4 Å². The van der Waals surface area contributed by atoms with Crippen LogP contribution in [0, 0.1) is 0 Å².